The number of rotatable bonds is 5. The van der Waals surface area contributed by atoms with E-state index in [0.29, 0.717) is 0 Å². The first kappa shape index (κ1) is 16.2. The zero-order chi connectivity index (χ0) is 15.3. The molecule has 4 nitrogen and oxygen atoms in total. The van der Waals surface area contributed by atoms with Crippen LogP contribution in [0.3, 0.4) is 0 Å². The van der Waals surface area contributed by atoms with Crippen molar-refractivity contribution in [2.75, 3.05) is 38.0 Å². The van der Waals surface area contributed by atoms with Crippen molar-refractivity contribution in [1.82, 2.24) is 14.8 Å². The molecule has 1 fully saturated rings. The molecule has 1 aromatic rings. The summed E-state index contributed by atoms with van der Waals surface area (Å²) < 4.78 is 0. The van der Waals surface area contributed by atoms with Crippen LogP contribution in [-0.4, -0.2) is 53.0 Å². The summed E-state index contributed by atoms with van der Waals surface area (Å²) in [4.78, 5) is 9.60. The minimum Gasteiger partial charge on any atom is -0.370 e. The molecule has 1 aliphatic heterocycles. The maximum Gasteiger partial charge on any atom is 0.130 e. The first-order valence-electron chi connectivity index (χ1n) is 8.16. The van der Waals surface area contributed by atoms with Crippen molar-refractivity contribution in [3.8, 4) is 0 Å². The van der Waals surface area contributed by atoms with Gasteiger partial charge in [-0.1, -0.05) is 13.0 Å². The normalized spacial score (nSPS) is 17.9. The van der Waals surface area contributed by atoms with E-state index in [4.69, 9.17) is 0 Å². The van der Waals surface area contributed by atoms with Gasteiger partial charge in [0.15, 0.2) is 0 Å². The molecule has 21 heavy (non-hydrogen) atoms. The molecule has 2 heterocycles. The van der Waals surface area contributed by atoms with Crippen LogP contribution in [0.2, 0.25) is 0 Å². The van der Waals surface area contributed by atoms with Gasteiger partial charge in [-0.2, -0.15) is 0 Å². The lowest BCUT2D eigenvalue weighted by Gasteiger charge is -2.42. The predicted molar refractivity (Wildman–Crippen MR) is 89.6 cm³/mol. The highest BCUT2D eigenvalue weighted by Crippen LogP contribution is 2.19. The minimum atomic E-state index is 0.286. The average molecular weight is 290 g/mol. The second-order valence-corrected chi connectivity index (χ2v) is 6.87. The summed E-state index contributed by atoms with van der Waals surface area (Å²) in [6, 6.07) is 4.24. The number of piperazine rings is 1. The van der Waals surface area contributed by atoms with E-state index in [-0.39, 0.29) is 5.54 Å². The molecule has 0 saturated carbocycles. The molecule has 0 amide bonds. The van der Waals surface area contributed by atoms with Crippen molar-refractivity contribution in [2.24, 2.45) is 0 Å². The SMILES string of the molecule is CCCNc1ncccc1CN1CCN(C(C)(C)C)CC1. The van der Waals surface area contributed by atoms with E-state index in [1.807, 2.05) is 12.3 Å². The zero-order valence-electron chi connectivity index (χ0n) is 14.0. The highest BCUT2D eigenvalue weighted by molar-refractivity contribution is 5.43. The second kappa shape index (κ2) is 7.23. The van der Waals surface area contributed by atoms with Gasteiger partial charge in [0.25, 0.3) is 0 Å². The van der Waals surface area contributed by atoms with Crippen LogP contribution >= 0.6 is 0 Å². The summed E-state index contributed by atoms with van der Waals surface area (Å²) in [5.41, 5.74) is 1.60. The quantitative estimate of drug-likeness (QED) is 0.903. The third-order valence-corrected chi connectivity index (χ3v) is 4.15. The van der Waals surface area contributed by atoms with Crippen molar-refractivity contribution in [1.29, 1.82) is 0 Å². The Labute approximate surface area is 129 Å². The first-order valence-corrected chi connectivity index (χ1v) is 8.16. The maximum absolute atomic E-state index is 4.49. The summed E-state index contributed by atoms with van der Waals surface area (Å²) >= 11 is 0. The molecule has 0 unspecified atom stereocenters. The van der Waals surface area contributed by atoms with Crippen molar-refractivity contribution >= 4 is 5.82 Å². The van der Waals surface area contributed by atoms with Gasteiger partial charge >= 0.3 is 0 Å². The van der Waals surface area contributed by atoms with Crippen LogP contribution in [-0.2, 0) is 6.54 Å². The summed E-state index contributed by atoms with van der Waals surface area (Å²) in [6.45, 7) is 15.7. The molecule has 0 spiro atoms. The van der Waals surface area contributed by atoms with Gasteiger partial charge in [-0.15, -0.1) is 0 Å². The van der Waals surface area contributed by atoms with Crippen LogP contribution in [0, 0.1) is 0 Å². The van der Waals surface area contributed by atoms with Gasteiger partial charge in [0, 0.05) is 56.6 Å². The van der Waals surface area contributed by atoms with E-state index >= 15 is 0 Å². The molecule has 118 valence electrons. The van der Waals surface area contributed by atoms with Gasteiger partial charge in [0.1, 0.15) is 5.82 Å². The number of pyridine rings is 1. The molecule has 0 aromatic carbocycles. The van der Waals surface area contributed by atoms with E-state index in [1.54, 1.807) is 0 Å². The number of hydrogen-bond acceptors (Lipinski definition) is 4. The number of aromatic nitrogens is 1. The molecular formula is C17H30N4. The average Bonchev–Trinajstić information content (AvgIpc) is 2.46. The molecule has 1 N–H and O–H groups in total. The standard InChI is InChI=1S/C17H30N4/c1-5-8-18-16-15(7-6-9-19-16)14-20-10-12-21(13-11-20)17(2,3)4/h6-7,9H,5,8,10-14H2,1-4H3,(H,18,19). The Morgan fingerprint density at radius 2 is 1.90 bits per heavy atom. The highest BCUT2D eigenvalue weighted by atomic mass is 15.3. The lowest BCUT2D eigenvalue weighted by Crippen LogP contribution is -2.53. The Bertz CT molecular complexity index is 431. The van der Waals surface area contributed by atoms with E-state index in [0.717, 1.165) is 51.5 Å². The smallest absolute Gasteiger partial charge is 0.130 e. The molecule has 1 aromatic heterocycles. The van der Waals surface area contributed by atoms with E-state index in [9.17, 15) is 0 Å². The van der Waals surface area contributed by atoms with Crippen molar-refractivity contribution in [3.05, 3.63) is 23.9 Å². The topological polar surface area (TPSA) is 31.4 Å². The Hall–Kier alpha value is -1.13. The summed E-state index contributed by atoms with van der Waals surface area (Å²) in [7, 11) is 0. The number of nitrogens with zero attached hydrogens (tertiary/aromatic N) is 3. The van der Waals surface area contributed by atoms with Gasteiger partial charge in [-0.3, -0.25) is 9.80 Å². The monoisotopic (exact) mass is 290 g/mol. The first-order chi connectivity index (χ1) is 10.0. The Balaban J connectivity index is 1.91. The molecular weight excluding hydrogens is 260 g/mol. The van der Waals surface area contributed by atoms with Crippen LogP contribution in [0.15, 0.2) is 18.3 Å². The van der Waals surface area contributed by atoms with Gasteiger partial charge in [-0.05, 0) is 33.3 Å². The number of hydrogen-bond donors (Lipinski definition) is 1. The van der Waals surface area contributed by atoms with Crippen LogP contribution in [0.1, 0.15) is 39.7 Å². The Morgan fingerprint density at radius 1 is 1.19 bits per heavy atom. The van der Waals surface area contributed by atoms with Gasteiger partial charge in [0.05, 0.1) is 0 Å². The molecule has 0 bridgehead atoms. The maximum atomic E-state index is 4.49. The minimum absolute atomic E-state index is 0.286. The summed E-state index contributed by atoms with van der Waals surface area (Å²) in [5.74, 6) is 1.05. The molecule has 1 saturated heterocycles. The van der Waals surface area contributed by atoms with Crippen molar-refractivity contribution in [3.63, 3.8) is 0 Å². The van der Waals surface area contributed by atoms with Crippen LogP contribution < -0.4 is 5.32 Å². The largest absolute Gasteiger partial charge is 0.370 e. The molecule has 1 aliphatic rings. The van der Waals surface area contributed by atoms with Crippen molar-refractivity contribution in [2.45, 2.75) is 46.2 Å². The van der Waals surface area contributed by atoms with Crippen LogP contribution in [0.4, 0.5) is 5.82 Å². The second-order valence-electron chi connectivity index (χ2n) is 6.87. The summed E-state index contributed by atoms with van der Waals surface area (Å²) in [6.07, 6.45) is 3.00. The van der Waals surface area contributed by atoms with E-state index < -0.39 is 0 Å². The molecule has 2 rings (SSSR count). The highest BCUT2D eigenvalue weighted by Gasteiger charge is 2.25. The zero-order valence-corrected chi connectivity index (χ0v) is 14.0. The fraction of sp³-hybridized carbons (Fsp3) is 0.706. The summed E-state index contributed by atoms with van der Waals surface area (Å²) in [5, 5.41) is 3.44. The van der Waals surface area contributed by atoms with Gasteiger partial charge in [0.2, 0.25) is 0 Å². The van der Waals surface area contributed by atoms with Crippen molar-refractivity contribution < 1.29 is 0 Å². The molecule has 0 atom stereocenters. The van der Waals surface area contributed by atoms with Crippen LogP contribution in [0.5, 0.6) is 0 Å². The van der Waals surface area contributed by atoms with Crippen LogP contribution in [0.25, 0.3) is 0 Å². The van der Waals surface area contributed by atoms with Gasteiger partial charge < -0.3 is 5.32 Å². The molecule has 4 heteroatoms. The Morgan fingerprint density at radius 3 is 2.52 bits per heavy atom. The van der Waals surface area contributed by atoms with E-state index in [2.05, 4.69) is 53.9 Å². The lowest BCUT2D eigenvalue weighted by molar-refractivity contribution is 0.0591. The predicted octanol–water partition coefficient (Wildman–Crippen LogP) is 2.82. The fourth-order valence-corrected chi connectivity index (χ4v) is 2.79. The van der Waals surface area contributed by atoms with E-state index in [1.165, 1.54) is 5.56 Å². The number of nitrogens with one attached hydrogen (secondary N) is 1. The fourth-order valence-electron chi connectivity index (χ4n) is 2.79. The van der Waals surface area contributed by atoms with Gasteiger partial charge in [-0.25, -0.2) is 4.98 Å². The third-order valence-electron chi connectivity index (χ3n) is 4.15. The number of anilines is 1. The lowest BCUT2D eigenvalue weighted by atomic mass is 10.0. The third kappa shape index (κ3) is 4.68. The molecule has 0 aliphatic carbocycles. The molecule has 0 radical (unpaired) electrons. The Kier molecular flexibility index (Phi) is 5.59.